The first-order valence-electron chi connectivity index (χ1n) is 11.9. The summed E-state index contributed by atoms with van der Waals surface area (Å²) < 4.78 is 13.2. The first kappa shape index (κ1) is 23.9. The molecule has 2 aromatic rings. The largest absolute Gasteiger partial charge is 0.338 e. The molecular weight excluding hydrogens is 435 g/mol. The van der Waals surface area contributed by atoms with Gasteiger partial charge in [0.15, 0.2) is 0 Å². The summed E-state index contributed by atoms with van der Waals surface area (Å²) in [4.78, 5) is 46.0. The number of carbonyl (C=O) groups excluding carboxylic acids is 3. The minimum atomic E-state index is -0.642. The number of halogens is 1. The SMILES string of the molecule is CCC(C(=O)N1CCN(Cc2ccccc2)CC1)N1CCN(Cc2ccc(F)cc2)C(=O)C1=O. The highest BCUT2D eigenvalue weighted by Gasteiger charge is 2.40. The van der Waals surface area contributed by atoms with E-state index in [4.69, 9.17) is 0 Å². The summed E-state index contributed by atoms with van der Waals surface area (Å²) in [5.41, 5.74) is 2.00. The molecule has 180 valence electrons. The summed E-state index contributed by atoms with van der Waals surface area (Å²) in [7, 11) is 0. The van der Waals surface area contributed by atoms with Crippen molar-refractivity contribution in [2.75, 3.05) is 39.3 Å². The normalized spacial score (nSPS) is 18.4. The summed E-state index contributed by atoms with van der Waals surface area (Å²) in [6, 6.07) is 15.5. The Morgan fingerprint density at radius 1 is 0.824 bits per heavy atom. The first-order valence-corrected chi connectivity index (χ1v) is 11.9. The number of benzene rings is 2. The summed E-state index contributed by atoms with van der Waals surface area (Å²) >= 11 is 0. The highest BCUT2D eigenvalue weighted by Crippen LogP contribution is 2.18. The van der Waals surface area contributed by atoms with Gasteiger partial charge in [0.05, 0.1) is 0 Å². The van der Waals surface area contributed by atoms with Gasteiger partial charge in [-0.3, -0.25) is 19.3 Å². The lowest BCUT2D eigenvalue weighted by Crippen LogP contribution is -2.61. The van der Waals surface area contributed by atoms with Crippen molar-refractivity contribution in [3.05, 3.63) is 71.5 Å². The molecule has 34 heavy (non-hydrogen) atoms. The van der Waals surface area contributed by atoms with Gasteiger partial charge in [0.25, 0.3) is 0 Å². The van der Waals surface area contributed by atoms with E-state index >= 15 is 0 Å². The van der Waals surface area contributed by atoms with Crippen molar-refractivity contribution in [1.29, 1.82) is 0 Å². The maximum Gasteiger partial charge on any atom is 0.312 e. The molecule has 0 aromatic heterocycles. The van der Waals surface area contributed by atoms with Crippen molar-refractivity contribution in [2.24, 2.45) is 0 Å². The van der Waals surface area contributed by atoms with Crippen LogP contribution in [-0.4, -0.2) is 82.6 Å². The molecule has 1 atom stereocenters. The van der Waals surface area contributed by atoms with Gasteiger partial charge in [-0.05, 0) is 29.7 Å². The number of hydrogen-bond acceptors (Lipinski definition) is 4. The zero-order valence-corrected chi connectivity index (χ0v) is 19.5. The quantitative estimate of drug-likeness (QED) is 0.587. The molecule has 0 aliphatic carbocycles. The Balaban J connectivity index is 1.33. The smallest absolute Gasteiger partial charge is 0.312 e. The monoisotopic (exact) mass is 466 g/mol. The van der Waals surface area contributed by atoms with Crippen LogP contribution >= 0.6 is 0 Å². The fourth-order valence-corrected chi connectivity index (χ4v) is 4.66. The highest BCUT2D eigenvalue weighted by atomic mass is 19.1. The van der Waals surface area contributed by atoms with Gasteiger partial charge in [0, 0.05) is 52.4 Å². The van der Waals surface area contributed by atoms with Crippen LogP contribution in [0.5, 0.6) is 0 Å². The molecule has 2 saturated heterocycles. The van der Waals surface area contributed by atoms with E-state index in [1.807, 2.05) is 30.0 Å². The minimum Gasteiger partial charge on any atom is -0.338 e. The Bertz CT molecular complexity index is 1010. The van der Waals surface area contributed by atoms with Crippen molar-refractivity contribution < 1.29 is 18.8 Å². The topological polar surface area (TPSA) is 64.2 Å². The molecule has 7 nitrogen and oxygen atoms in total. The van der Waals surface area contributed by atoms with E-state index in [0.29, 0.717) is 32.6 Å². The summed E-state index contributed by atoms with van der Waals surface area (Å²) in [6.45, 7) is 6.38. The molecule has 2 fully saturated rings. The highest BCUT2D eigenvalue weighted by molar-refractivity contribution is 6.35. The predicted molar refractivity (Wildman–Crippen MR) is 126 cm³/mol. The van der Waals surface area contributed by atoms with Crippen LogP contribution in [0.4, 0.5) is 4.39 Å². The van der Waals surface area contributed by atoms with Crippen molar-refractivity contribution in [3.63, 3.8) is 0 Å². The molecule has 8 heteroatoms. The van der Waals surface area contributed by atoms with Crippen LogP contribution in [-0.2, 0) is 27.5 Å². The Kier molecular flexibility index (Phi) is 7.57. The molecule has 2 heterocycles. The van der Waals surface area contributed by atoms with Gasteiger partial charge in [-0.2, -0.15) is 0 Å². The van der Waals surface area contributed by atoms with E-state index in [1.165, 1.54) is 27.5 Å². The van der Waals surface area contributed by atoms with Crippen LogP contribution in [0.15, 0.2) is 54.6 Å². The van der Waals surface area contributed by atoms with Crippen molar-refractivity contribution in [2.45, 2.75) is 32.5 Å². The van der Waals surface area contributed by atoms with Gasteiger partial charge >= 0.3 is 11.8 Å². The van der Waals surface area contributed by atoms with E-state index in [1.54, 1.807) is 12.1 Å². The van der Waals surface area contributed by atoms with Gasteiger partial charge in [0.2, 0.25) is 5.91 Å². The van der Waals surface area contributed by atoms with Gasteiger partial charge in [0.1, 0.15) is 11.9 Å². The Morgan fingerprint density at radius 3 is 2.12 bits per heavy atom. The van der Waals surface area contributed by atoms with Gasteiger partial charge in [-0.1, -0.05) is 49.4 Å². The number of carbonyl (C=O) groups is 3. The van der Waals surface area contributed by atoms with Crippen LogP contribution in [0, 0.1) is 5.82 Å². The second-order valence-corrected chi connectivity index (χ2v) is 8.86. The van der Waals surface area contributed by atoms with Crippen LogP contribution in [0.25, 0.3) is 0 Å². The summed E-state index contributed by atoms with van der Waals surface area (Å²) in [6.07, 6.45) is 0.458. The molecule has 0 spiro atoms. The molecule has 0 bridgehead atoms. The Morgan fingerprint density at radius 2 is 1.47 bits per heavy atom. The maximum absolute atomic E-state index is 13.3. The number of piperazine rings is 2. The second-order valence-electron chi connectivity index (χ2n) is 8.86. The third-order valence-corrected chi connectivity index (χ3v) is 6.61. The lowest BCUT2D eigenvalue weighted by Gasteiger charge is -2.41. The molecule has 0 N–H and O–H groups in total. The Labute approximate surface area is 199 Å². The average Bonchev–Trinajstić information content (AvgIpc) is 2.86. The van der Waals surface area contributed by atoms with E-state index in [2.05, 4.69) is 17.0 Å². The molecule has 0 radical (unpaired) electrons. The molecule has 2 aliphatic heterocycles. The van der Waals surface area contributed by atoms with E-state index in [9.17, 15) is 18.8 Å². The van der Waals surface area contributed by atoms with E-state index in [-0.39, 0.29) is 18.3 Å². The van der Waals surface area contributed by atoms with Gasteiger partial charge in [-0.15, -0.1) is 0 Å². The zero-order chi connectivity index (χ0) is 24.1. The zero-order valence-electron chi connectivity index (χ0n) is 19.5. The van der Waals surface area contributed by atoms with Crippen molar-refractivity contribution >= 4 is 17.7 Å². The number of nitrogens with zero attached hydrogens (tertiary/aromatic N) is 4. The van der Waals surface area contributed by atoms with Gasteiger partial charge in [-0.25, -0.2) is 4.39 Å². The molecule has 4 rings (SSSR count). The Hall–Kier alpha value is -3.26. The van der Waals surface area contributed by atoms with E-state index in [0.717, 1.165) is 25.2 Å². The van der Waals surface area contributed by atoms with Crippen LogP contribution in [0.1, 0.15) is 24.5 Å². The van der Waals surface area contributed by atoms with Crippen molar-refractivity contribution in [1.82, 2.24) is 19.6 Å². The lowest BCUT2D eigenvalue weighted by molar-refractivity contribution is -0.161. The third-order valence-electron chi connectivity index (χ3n) is 6.61. The number of hydrogen-bond donors (Lipinski definition) is 0. The second kappa shape index (κ2) is 10.8. The number of amides is 3. The van der Waals surface area contributed by atoms with Crippen molar-refractivity contribution in [3.8, 4) is 0 Å². The lowest BCUT2D eigenvalue weighted by atomic mass is 10.1. The van der Waals surface area contributed by atoms with Crippen LogP contribution in [0.2, 0.25) is 0 Å². The molecule has 2 aliphatic rings. The molecular formula is C26H31FN4O3. The number of rotatable bonds is 7. The first-order chi connectivity index (χ1) is 16.5. The molecule has 3 amide bonds. The fraction of sp³-hybridized carbons (Fsp3) is 0.423. The standard InChI is InChI=1S/C26H31FN4O3/c1-2-23(24(32)29-14-12-28(13-15-29)18-20-6-4-3-5-7-20)31-17-16-30(25(33)26(31)34)19-21-8-10-22(27)11-9-21/h3-11,23H,2,12-19H2,1H3. The summed E-state index contributed by atoms with van der Waals surface area (Å²) in [5.74, 6) is -1.69. The van der Waals surface area contributed by atoms with Crippen LogP contribution in [0.3, 0.4) is 0 Å². The maximum atomic E-state index is 13.3. The van der Waals surface area contributed by atoms with Crippen LogP contribution < -0.4 is 0 Å². The molecule has 2 aromatic carbocycles. The van der Waals surface area contributed by atoms with E-state index < -0.39 is 17.9 Å². The predicted octanol–water partition coefficient (Wildman–Crippen LogP) is 2.12. The minimum absolute atomic E-state index is 0.0880. The molecule has 0 saturated carbocycles. The fourth-order valence-electron chi connectivity index (χ4n) is 4.66. The molecule has 1 unspecified atom stereocenters. The average molecular weight is 467 g/mol. The van der Waals surface area contributed by atoms with Gasteiger partial charge < -0.3 is 14.7 Å². The summed E-state index contributed by atoms with van der Waals surface area (Å²) in [5, 5.41) is 0. The third kappa shape index (κ3) is 5.44.